The van der Waals surface area contributed by atoms with Crippen LogP contribution in [0.5, 0.6) is 0 Å². The van der Waals surface area contributed by atoms with E-state index in [1.807, 2.05) is 24.4 Å². The van der Waals surface area contributed by atoms with Crippen molar-refractivity contribution in [2.24, 2.45) is 11.7 Å². The monoisotopic (exact) mass is 267 g/mol. The third-order valence-electron chi connectivity index (χ3n) is 4.04. The summed E-state index contributed by atoms with van der Waals surface area (Å²) in [5, 5.41) is 0. The minimum atomic E-state index is 0.314. The normalized spacial score (nSPS) is 23.1. The Labute approximate surface area is 120 Å². The molecule has 1 aliphatic rings. The lowest BCUT2D eigenvalue weighted by Gasteiger charge is -2.15. The molecule has 0 bridgehead atoms. The highest BCUT2D eigenvalue weighted by Crippen LogP contribution is 2.21. The third-order valence-corrected chi connectivity index (χ3v) is 4.04. The lowest BCUT2D eigenvalue weighted by atomic mass is 10.1. The topological polar surface area (TPSA) is 42.2 Å². The van der Waals surface area contributed by atoms with Crippen LogP contribution >= 0.6 is 0 Å². The summed E-state index contributed by atoms with van der Waals surface area (Å²) >= 11 is 0. The van der Waals surface area contributed by atoms with Crippen LogP contribution in [0.2, 0.25) is 0 Å². The standard InChI is InChI=1S/C17H21N3/c1-13-10-20(12-16(13)18)11-14-5-4-6-15(9-14)17-7-2-3-8-19-17/h2-9,13,16H,10-12,18H2,1H3. The number of benzene rings is 1. The van der Waals surface area contributed by atoms with E-state index in [4.69, 9.17) is 5.73 Å². The van der Waals surface area contributed by atoms with Gasteiger partial charge in [-0.15, -0.1) is 0 Å². The van der Waals surface area contributed by atoms with Gasteiger partial charge in [-0.2, -0.15) is 0 Å². The molecule has 20 heavy (non-hydrogen) atoms. The van der Waals surface area contributed by atoms with Gasteiger partial charge in [0.1, 0.15) is 0 Å². The number of aromatic nitrogens is 1. The Bertz CT molecular complexity index is 557. The lowest BCUT2D eigenvalue weighted by molar-refractivity contribution is 0.319. The molecule has 2 aromatic rings. The largest absolute Gasteiger partial charge is 0.326 e. The van der Waals surface area contributed by atoms with Gasteiger partial charge in [-0.1, -0.05) is 31.2 Å². The third kappa shape index (κ3) is 2.89. The van der Waals surface area contributed by atoms with Gasteiger partial charge in [0.2, 0.25) is 0 Å². The van der Waals surface area contributed by atoms with Crippen molar-refractivity contribution in [2.75, 3.05) is 13.1 Å². The maximum absolute atomic E-state index is 6.09. The average Bonchev–Trinajstić information content (AvgIpc) is 2.78. The fourth-order valence-electron chi connectivity index (χ4n) is 2.85. The molecule has 1 aliphatic heterocycles. The quantitative estimate of drug-likeness (QED) is 0.929. The number of likely N-dealkylation sites (tertiary alicyclic amines) is 1. The lowest BCUT2D eigenvalue weighted by Crippen LogP contribution is -2.28. The van der Waals surface area contributed by atoms with Crippen LogP contribution in [-0.4, -0.2) is 29.0 Å². The Kier molecular flexibility index (Phi) is 3.81. The van der Waals surface area contributed by atoms with Gasteiger partial charge in [-0.05, 0) is 29.7 Å². The van der Waals surface area contributed by atoms with Gasteiger partial charge in [-0.25, -0.2) is 0 Å². The van der Waals surface area contributed by atoms with Crippen LogP contribution in [0, 0.1) is 5.92 Å². The molecule has 2 heterocycles. The Morgan fingerprint density at radius 2 is 2.10 bits per heavy atom. The van der Waals surface area contributed by atoms with Crippen LogP contribution in [0.4, 0.5) is 0 Å². The molecule has 2 unspecified atom stereocenters. The molecule has 1 aromatic heterocycles. The van der Waals surface area contributed by atoms with E-state index in [9.17, 15) is 0 Å². The highest BCUT2D eigenvalue weighted by molar-refractivity contribution is 5.59. The summed E-state index contributed by atoms with van der Waals surface area (Å²) < 4.78 is 0. The number of hydrogen-bond acceptors (Lipinski definition) is 3. The van der Waals surface area contributed by atoms with Gasteiger partial charge in [0.25, 0.3) is 0 Å². The average molecular weight is 267 g/mol. The van der Waals surface area contributed by atoms with Crippen molar-refractivity contribution in [1.29, 1.82) is 0 Å². The maximum atomic E-state index is 6.09. The fourth-order valence-corrected chi connectivity index (χ4v) is 2.85. The predicted molar refractivity (Wildman–Crippen MR) is 82.1 cm³/mol. The second-order valence-electron chi connectivity index (χ2n) is 5.75. The van der Waals surface area contributed by atoms with E-state index in [1.165, 1.54) is 11.1 Å². The number of nitrogens with zero attached hydrogens (tertiary/aromatic N) is 2. The first-order chi connectivity index (χ1) is 9.72. The molecule has 104 valence electrons. The fraction of sp³-hybridized carbons (Fsp3) is 0.353. The molecule has 0 saturated carbocycles. The smallest absolute Gasteiger partial charge is 0.0702 e. The second-order valence-corrected chi connectivity index (χ2v) is 5.75. The highest BCUT2D eigenvalue weighted by atomic mass is 15.2. The highest BCUT2D eigenvalue weighted by Gasteiger charge is 2.26. The van der Waals surface area contributed by atoms with Crippen molar-refractivity contribution in [2.45, 2.75) is 19.5 Å². The van der Waals surface area contributed by atoms with E-state index in [0.29, 0.717) is 12.0 Å². The first kappa shape index (κ1) is 13.3. The van der Waals surface area contributed by atoms with Gasteiger partial charge < -0.3 is 5.73 Å². The van der Waals surface area contributed by atoms with Crippen LogP contribution in [0.3, 0.4) is 0 Å². The Morgan fingerprint density at radius 1 is 1.20 bits per heavy atom. The van der Waals surface area contributed by atoms with Gasteiger partial charge in [0.15, 0.2) is 0 Å². The molecule has 2 N–H and O–H groups in total. The van der Waals surface area contributed by atoms with Crippen molar-refractivity contribution in [3.63, 3.8) is 0 Å². The SMILES string of the molecule is CC1CN(Cc2cccc(-c3ccccn3)c2)CC1N. The minimum absolute atomic E-state index is 0.314. The van der Waals surface area contributed by atoms with E-state index in [1.54, 1.807) is 0 Å². The van der Waals surface area contributed by atoms with Crippen molar-refractivity contribution >= 4 is 0 Å². The Hall–Kier alpha value is -1.71. The van der Waals surface area contributed by atoms with Gasteiger partial charge in [0.05, 0.1) is 5.69 Å². The number of rotatable bonds is 3. The Morgan fingerprint density at radius 3 is 2.80 bits per heavy atom. The molecule has 1 saturated heterocycles. The zero-order valence-electron chi connectivity index (χ0n) is 11.9. The molecule has 0 amide bonds. The Balaban J connectivity index is 1.75. The molecule has 1 fully saturated rings. The van der Waals surface area contributed by atoms with E-state index < -0.39 is 0 Å². The predicted octanol–water partition coefficient (Wildman–Crippen LogP) is 2.53. The van der Waals surface area contributed by atoms with Crippen LogP contribution < -0.4 is 5.73 Å². The van der Waals surface area contributed by atoms with E-state index in [2.05, 4.69) is 41.1 Å². The number of hydrogen-bond donors (Lipinski definition) is 1. The number of pyridine rings is 1. The zero-order chi connectivity index (χ0) is 13.9. The molecule has 3 rings (SSSR count). The van der Waals surface area contributed by atoms with E-state index >= 15 is 0 Å². The molecule has 3 nitrogen and oxygen atoms in total. The van der Waals surface area contributed by atoms with Crippen molar-refractivity contribution in [1.82, 2.24) is 9.88 Å². The molecule has 2 atom stereocenters. The molecule has 0 spiro atoms. The first-order valence-electron chi connectivity index (χ1n) is 7.20. The molecule has 3 heteroatoms. The number of nitrogens with two attached hydrogens (primary N) is 1. The summed E-state index contributed by atoms with van der Waals surface area (Å²) in [5.41, 5.74) is 9.63. The van der Waals surface area contributed by atoms with Gasteiger partial charge >= 0.3 is 0 Å². The van der Waals surface area contributed by atoms with Crippen molar-refractivity contribution in [3.8, 4) is 11.3 Å². The van der Waals surface area contributed by atoms with Crippen LogP contribution in [0.25, 0.3) is 11.3 Å². The summed E-state index contributed by atoms with van der Waals surface area (Å²) in [6.45, 7) is 5.29. The molecule has 1 aromatic carbocycles. The molecular weight excluding hydrogens is 246 g/mol. The van der Waals surface area contributed by atoms with Crippen molar-refractivity contribution < 1.29 is 0 Å². The summed E-state index contributed by atoms with van der Waals surface area (Å²) in [5.74, 6) is 0.592. The van der Waals surface area contributed by atoms with Gasteiger partial charge in [0, 0.05) is 37.4 Å². The zero-order valence-corrected chi connectivity index (χ0v) is 11.9. The first-order valence-corrected chi connectivity index (χ1v) is 7.20. The van der Waals surface area contributed by atoms with E-state index in [-0.39, 0.29) is 0 Å². The second kappa shape index (κ2) is 5.73. The molecule has 0 radical (unpaired) electrons. The van der Waals surface area contributed by atoms with Crippen molar-refractivity contribution in [3.05, 3.63) is 54.2 Å². The summed E-state index contributed by atoms with van der Waals surface area (Å²) in [7, 11) is 0. The molecular formula is C17H21N3. The summed E-state index contributed by atoms with van der Waals surface area (Å²) in [6, 6.07) is 15.0. The summed E-state index contributed by atoms with van der Waals surface area (Å²) in [4.78, 5) is 6.85. The minimum Gasteiger partial charge on any atom is -0.326 e. The molecule has 0 aliphatic carbocycles. The van der Waals surface area contributed by atoms with Gasteiger partial charge in [-0.3, -0.25) is 9.88 Å². The van der Waals surface area contributed by atoms with Crippen LogP contribution in [0.1, 0.15) is 12.5 Å². The van der Waals surface area contributed by atoms with Crippen LogP contribution in [0.15, 0.2) is 48.7 Å². The maximum Gasteiger partial charge on any atom is 0.0702 e. The van der Waals surface area contributed by atoms with E-state index in [0.717, 1.165) is 25.3 Å². The summed E-state index contributed by atoms with van der Waals surface area (Å²) in [6.07, 6.45) is 1.84. The van der Waals surface area contributed by atoms with Crippen LogP contribution in [-0.2, 0) is 6.54 Å².